The fraction of sp³-hybridized carbons (Fsp3) is 0.333. The van der Waals surface area contributed by atoms with E-state index in [1.165, 1.54) is 14.0 Å². The average molecular weight is 333 g/mol. The lowest BCUT2D eigenvalue weighted by Gasteiger charge is -2.14. The molecule has 0 aliphatic carbocycles. The average Bonchev–Trinajstić information content (AvgIpc) is 2.58. The lowest BCUT2D eigenvalue weighted by atomic mass is 10.2. The zero-order chi connectivity index (χ0) is 17.9. The molecule has 0 aliphatic heterocycles. The maximum Gasteiger partial charge on any atom is 0.344 e. The lowest BCUT2D eigenvalue weighted by Crippen LogP contribution is -2.36. The largest absolute Gasteiger partial charge is 0.493 e. The summed E-state index contributed by atoms with van der Waals surface area (Å²) in [6, 6.07) is 5.35. The fourth-order valence-corrected chi connectivity index (χ4v) is 1.84. The number of hydrogen-bond donors (Lipinski definition) is 1. The normalized spacial score (nSPS) is 11.6. The van der Waals surface area contributed by atoms with Gasteiger partial charge in [-0.3, -0.25) is 4.79 Å². The number of amides is 1. The minimum atomic E-state index is -0.903. The van der Waals surface area contributed by atoms with E-state index in [0.717, 1.165) is 5.56 Å². The molecule has 130 valence electrons. The van der Waals surface area contributed by atoms with Crippen LogP contribution in [0, 0.1) is 0 Å². The predicted octanol–water partition coefficient (Wildman–Crippen LogP) is 2.34. The Balaban J connectivity index is 2.57. The second kappa shape index (κ2) is 10.1. The van der Waals surface area contributed by atoms with Crippen LogP contribution >= 0.6 is 0 Å². The van der Waals surface area contributed by atoms with Crippen molar-refractivity contribution in [1.29, 1.82) is 0 Å². The first-order chi connectivity index (χ1) is 11.5. The number of esters is 1. The van der Waals surface area contributed by atoms with Crippen molar-refractivity contribution in [3.63, 3.8) is 0 Å². The summed E-state index contributed by atoms with van der Waals surface area (Å²) < 4.78 is 15.7. The smallest absolute Gasteiger partial charge is 0.344 e. The van der Waals surface area contributed by atoms with Gasteiger partial charge in [0.15, 0.2) is 24.2 Å². The van der Waals surface area contributed by atoms with E-state index >= 15 is 0 Å². The molecular weight excluding hydrogens is 310 g/mol. The third-order valence-corrected chi connectivity index (χ3v) is 2.99. The number of allylic oxidation sites excluding steroid dienone is 1. The van der Waals surface area contributed by atoms with Crippen LogP contribution in [0.4, 0.5) is 0 Å². The summed E-state index contributed by atoms with van der Waals surface area (Å²) in [5.74, 6) is -0.103. The maximum absolute atomic E-state index is 11.8. The molecule has 1 rings (SSSR count). The Kier molecular flexibility index (Phi) is 8.11. The van der Waals surface area contributed by atoms with Gasteiger partial charge in [-0.1, -0.05) is 24.3 Å². The monoisotopic (exact) mass is 333 g/mol. The minimum Gasteiger partial charge on any atom is -0.493 e. The highest BCUT2D eigenvalue weighted by Gasteiger charge is 2.18. The molecule has 0 radical (unpaired) electrons. The van der Waals surface area contributed by atoms with Crippen LogP contribution in [0.15, 0.2) is 36.9 Å². The SMILES string of the molecule is C=CCNC(=O)[C@H](C)OC(=O)COc1ccc(/C=C/C)cc1OC. The van der Waals surface area contributed by atoms with E-state index in [2.05, 4.69) is 11.9 Å². The first kappa shape index (κ1) is 19.3. The van der Waals surface area contributed by atoms with E-state index in [1.807, 2.05) is 25.1 Å². The summed E-state index contributed by atoms with van der Waals surface area (Å²) in [7, 11) is 1.52. The molecule has 0 fully saturated rings. The number of carbonyl (C=O) groups is 2. The van der Waals surface area contributed by atoms with Crippen LogP contribution in [-0.2, 0) is 14.3 Å². The van der Waals surface area contributed by atoms with Gasteiger partial charge in [0.1, 0.15) is 0 Å². The summed E-state index contributed by atoms with van der Waals surface area (Å²) in [5, 5.41) is 2.55. The molecule has 1 amide bonds. The van der Waals surface area contributed by atoms with E-state index in [4.69, 9.17) is 14.2 Å². The first-order valence-electron chi connectivity index (χ1n) is 7.53. The molecule has 0 aromatic heterocycles. The van der Waals surface area contributed by atoms with Crippen LogP contribution in [0.1, 0.15) is 19.4 Å². The van der Waals surface area contributed by atoms with Gasteiger partial charge in [0.2, 0.25) is 0 Å². The van der Waals surface area contributed by atoms with Crippen molar-refractivity contribution >= 4 is 18.0 Å². The van der Waals surface area contributed by atoms with Gasteiger partial charge in [-0.2, -0.15) is 0 Å². The number of nitrogens with one attached hydrogen (secondary N) is 1. The molecule has 0 bridgehead atoms. The number of rotatable bonds is 9. The van der Waals surface area contributed by atoms with Crippen molar-refractivity contribution in [3.8, 4) is 11.5 Å². The molecule has 6 nitrogen and oxygen atoms in total. The molecule has 0 heterocycles. The van der Waals surface area contributed by atoms with Gasteiger partial charge >= 0.3 is 5.97 Å². The molecule has 24 heavy (non-hydrogen) atoms. The van der Waals surface area contributed by atoms with Gasteiger partial charge in [0, 0.05) is 6.54 Å². The van der Waals surface area contributed by atoms with Crippen LogP contribution in [0.25, 0.3) is 6.08 Å². The Hall–Kier alpha value is -2.76. The van der Waals surface area contributed by atoms with E-state index < -0.39 is 18.0 Å². The molecule has 0 spiro atoms. The minimum absolute atomic E-state index is 0.312. The summed E-state index contributed by atoms with van der Waals surface area (Å²) in [5.41, 5.74) is 0.955. The van der Waals surface area contributed by atoms with Gasteiger partial charge in [-0.15, -0.1) is 6.58 Å². The van der Waals surface area contributed by atoms with E-state index in [9.17, 15) is 9.59 Å². The standard InChI is InChI=1S/C18H23NO5/c1-5-7-14-8-9-15(16(11-14)22-4)23-12-17(20)24-13(3)18(21)19-10-6-2/h5-9,11,13H,2,10,12H2,1,3-4H3,(H,19,21)/b7-5+/t13-/m0/s1. The van der Waals surface area contributed by atoms with Crippen LogP contribution in [0.3, 0.4) is 0 Å². The molecule has 1 aromatic rings. The second-order valence-corrected chi connectivity index (χ2v) is 4.86. The molecule has 0 unspecified atom stereocenters. The summed E-state index contributed by atoms with van der Waals surface area (Å²) in [4.78, 5) is 23.4. The van der Waals surface area contributed by atoms with Gasteiger partial charge in [0.05, 0.1) is 7.11 Å². The Bertz CT molecular complexity index is 609. The number of ether oxygens (including phenoxy) is 3. The molecule has 6 heteroatoms. The quantitative estimate of drug-likeness (QED) is 0.555. The van der Waals surface area contributed by atoms with Gasteiger partial charge in [-0.25, -0.2) is 4.79 Å². The Morgan fingerprint density at radius 3 is 2.71 bits per heavy atom. The topological polar surface area (TPSA) is 73.9 Å². The molecule has 0 saturated carbocycles. The highest BCUT2D eigenvalue weighted by molar-refractivity contribution is 5.83. The van der Waals surface area contributed by atoms with Crippen molar-refractivity contribution in [2.45, 2.75) is 20.0 Å². The zero-order valence-electron chi connectivity index (χ0n) is 14.2. The van der Waals surface area contributed by atoms with Crippen LogP contribution in [0.2, 0.25) is 0 Å². The molecule has 1 atom stereocenters. The Morgan fingerprint density at radius 1 is 1.33 bits per heavy atom. The molecule has 0 saturated heterocycles. The molecule has 1 N–H and O–H groups in total. The summed E-state index contributed by atoms with van der Waals surface area (Å²) >= 11 is 0. The number of methoxy groups -OCH3 is 1. The van der Waals surface area contributed by atoms with Crippen molar-refractivity contribution in [3.05, 3.63) is 42.5 Å². The number of hydrogen-bond acceptors (Lipinski definition) is 5. The van der Waals surface area contributed by atoms with Crippen LogP contribution in [-0.4, -0.2) is 38.2 Å². The Labute approximate surface area is 142 Å². The second-order valence-electron chi connectivity index (χ2n) is 4.86. The van der Waals surface area contributed by atoms with Crippen LogP contribution < -0.4 is 14.8 Å². The van der Waals surface area contributed by atoms with E-state index in [-0.39, 0.29) is 6.61 Å². The highest BCUT2D eigenvalue weighted by Crippen LogP contribution is 2.28. The fourth-order valence-electron chi connectivity index (χ4n) is 1.84. The number of benzene rings is 1. The third kappa shape index (κ3) is 6.16. The Morgan fingerprint density at radius 2 is 2.08 bits per heavy atom. The van der Waals surface area contributed by atoms with E-state index in [1.54, 1.807) is 18.2 Å². The molecular formula is C18H23NO5. The van der Waals surface area contributed by atoms with Gasteiger partial charge in [-0.05, 0) is 31.5 Å². The highest BCUT2D eigenvalue weighted by atomic mass is 16.6. The van der Waals surface area contributed by atoms with Crippen molar-refractivity contribution < 1.29 is 23.8 Å². The predicted molar refractivity (Wildman–Crippen MR) is 92.0 cm³/mol. The zero-order valence-corrected chi connectivity index (χ0v) is 14.2. The summed E-state index contributed by atoms with van der Waals surface area (Å²) in [6.45, 7) is 6.89. The lowest BCUT2D eigenvalue weighted by molar-refractivity contribution is -0.156. The van der Waals surface area contributed by atoms with Crippen molar-refractivity contribution in [2.24, 2.45) is 0 Å². The molecule has 0 aliphatic rings. The van der Waals surface area contributed by atoms with Crippen molar-refractivity contribution in [1.82, 2.24) is 5.32 Å². The first-order valence-corrected chi connectivity index (χ1v) is 7.53. The number of carbonyl (C=O) groups excluding carboxylic acids is 2. The van der Waals surface area contributed by atoms with E-state index in [0.29, 0.717) is 18.0 Å². The third-order valence-electron chi connectivity index (χ3n) is 2.99. The van der Waals surface area contributed by atoms with Gasteiger partial charge in [0.25, 0.3) is 5.91 Å². The maximum atomic E-state index is 11.8. The van der Waals surface area contributed by atoms with Crippen LogP contribution in [0.5, 0.6) is 11.5 Å². The van der Waals surface area contributed by atoms with Gasteiger partial charge < -0.3 is 19.5 Å². The molecule has 1 aromatic carbocycles. The summed E-state index contributed by atoms with van der Waals surface area (Å²) in [6.07, 6.45) is 4.47. The van der Waals surface area contributed by atoms with Crippen molar-refractivity contribution in [2.75, 3.05) is 20.3 Å².